The largest absolute Gasteiger partial charge is 0.507 e. The molecule has 3 rings (SSSR count). The first kappa shape index (κ1) is 9.21. The Kier molecular flexibility index (Phi) is 1.72. The number of aromatic hydroxyl groups is 1. The van der Waals surface area contributed by atoms with Gasteiger partial charge >= 0.3 is 0 Å². The van der Waals surface area contributed by atoms with Crippen LogP contribution in [0.5, 0.6) is 5.75 Å². The number of fused-ring (bicyclic) bond motifs is 3. The van der Waals surface area contributed by atoms with E-state index < -0.39 is 0 Å². The minimum absolute atomic E-state index is 0.319. The summed E-state index contributed by atoms with van der Waals surface area (Å²) in [5.41, 5.74) is 2.02. The molecule has 3 nitrogen and oxygen atoms in total. The highest BCUT2D eigenvalue weighted by Gasteiger charge is 2.11. The second-order valence-electron chi connectivity index (χ2n) is 4.05. The third-order valence-corrected chi connectivity index (χ3v) is 3.12. The van der Waals surface area contributed by atoms with Gasteiger partial charge in [0.05, 0.1) is 0 Å². The molecule has 0 bridgehead atoms. The van der Waals surface area contributed by atoms with Crippen LogP contribution in [-0.4, -0.2) is 14.9 Å². The first-order valence-electron chi connectivity index (χ1n) is 5.22. The minimum atomic E-state index is 0.319. The van der Waals surface area contributed by atoms with E-state index in [4.69, 9.17) is 0 Å². The van der Waals surface area contributed by atoms with Gasteiger partial charge in [-0.3, -0.25) is 4.68 Å². The number of nitrogens with zero attached hydrogens (tertiary/aromatic N) is 2. The van der Waals surface area contributed by atoms with Crippen molar-refractivity contribution in [2.45, 2.75) is 6.92 Å². The van der Waals surface area contributed by atoms with Crippen molar-refractivity contribution in [3.05, 3.63) is 36.0 Å². The Hall–Kier alpha value is -2.03. The number of hydrogen-bond donors (Lipinski definition) is 1. The van der Waals surface area contributed by atoms with Crippen LogP contribution in [0.1, 0.15) is 5.69 Å². The van der Waals surface area contributed by atoms with Gasteiger partial charge in [-0.25, -0.2) is 0 Å². The summed E-state index contributed by atoms with van der Waals surface area (Å²) in [4.78, 5) is 0. The van der Waals surface area contributed by atoms with Gasteiger partial charge in [-0.2, -0.15) is 5.10 Å². The number of rotatable bonds is 0. The van der Waals surface area contributed by atoms with Crippen molar-refractivity contribution < 1.29 is 5.11 Å². The van der Waals surface area contributed by atoms with Gasteiger partial charge in [-0.1, -0.05) is 24.3 Å². The Morgan fingerprint density at radius 3 is 2.56 bits per heavy atom. The van der Waals surface area contributed by atoms with Gasteiger partial charge in [0.25, 0.3) is 0 Å². The molecule has 1 N–H and O–H groups in total. The second kappa shape index (κ2) is 2.98. The molecular weight excluding hydrogens is 200 g/mol. The molecule has 3 heteroatoms. The van der Waals surface area contributed by atoms with Crippen LogP contribution in [-0.2, 0) is 7.05 Å². The Bertz CT molecular complexity index is 698. The van der Waals surface area contributed by atoms with E-state index in [9.17, 15) is 5.11 Å². The molecular formula is C13H12N2O. The van der Waals surface area contributed by atoms with E-state index in [1.165, 1.54) is 0 Å². The number of phenols is 1. The molecule has 0 aliphatic carbocycles. The number of benzene rings is 2. The lowest BCUT2D eigenvalue weighted by Gasteiger charge is -2.01. The molecule has 0 fully saturated rings. The van der Waals surface area contributed by atoms with Crippen molar-refractivity contribution in [3.63, 3.8) is 0 Å². The molecule has 0 atom stereocenters. The maximum Gasteiger partial charge on any atom is 0.124 e. The molecule has 0 spiro atoms. The maximum absolute atomic E-state index is 9.97. The zero-order valence-corrected chi connectivity index (χ0v) is 9.23. The van der Waals surface area contributed by atoms with E-state index >= 15 is 0 Å². The van der Waals surface area contributed by atoms with Crippen LogP contribution in [0.4, 0.5) is 0 Å². The average Bonchev–Trinajstić information content (AvgIpc) is 2.57. The fourth-order valence-corrected chi connectivity index (χ4v) is 2.12. The van der Waals surface area contributed by atoms with Gasteiger partial charge in [0.1, 0.15) is 11.3 Å². The van der Waals surface area contributed by atoms with Crippen molar-refractivity contribution in [1.29, 1.82) is 0 Å². The molecule has 1 heterocycles. The summed E-state index contributed by atoms with van der Waals surface area (Å²) in [6.07, 6.45) is 0. The van der Waals surface area contributed by atoms with Crippen LogP contribution in [0, 0.1) is 6.92 Å². The Labute approximate surface area is 92.9 Å². The summed E-state index contributed by atoms with van der Waals surface area (Å²) in [6, 6.07) is 9.58. The first-order valence-corrected chi connectivity index (χ1v) is 5.22. The summed E-state index contributed by atoms with van der Waals surface area (Å²) in [5, 5.41) is 17.3. The van der Waals surface area contributed by atoms with E-state index in [1.54, 1.807) is 6.07 Å². The molecule has 0 radical (unpaired) electrons. The van der Waals surface area contributed by atoms with Gasteiger partial charge in [-0.05, 0) is 13.0 Å². The van der Waals surface area contributed by atoms with Crippen molar-refractivity contribution in [1.82, 2.24) is 9.78 Å². The van der Waals surface area contributed by atoms with Crippen LogP contribution in [0.15, 0.2) is 30.3 Å². The summed E-state index contributed by atoms with van der Waals surface area (Å²) in [7, 11) is 1.92. The first-order chi connectivity index (χ1) is 7.68. The fraction of sp³-hybridized carbons (Fsp3) is 0.154. The zero-order chi connectivity index (χ0) is 11.3. The van der Waals surface area contributed by atoms with Crippen LogP contribution >= 0.6 is 0 Å². The summed E-state index contributed by atoms with van der Waals surface area (Å²) >= 11 is 0. The van der Waals surface area contributed by atoms with E-state index in [0.717, 1.165) is 27.4 Å². The van der Waals surface area contributed by atoms with Gasteiger partial charge in [0, 0.05) is 28.9 Å². The highest BCUT2D eigenvalue weighted by molar-refractivity contribution is 6.08. The molecule has 0 aliphatic rings. The fourth-order valence-electron chi connectivity index (χ4n) is 2.12. The smallest absolute Gasteiger partial charge is 0.124 e. The van der Waals surface area contributed by atoms with Crippen molar-refractivity contribution in [2.24, 2.45) is 7.05 Å². The van der Waals surface area contributed by atoms with Gasteiger partial charge < -0.3 is 5.11 Å². The standard InChI is InChI=1S/C13H12N2O/c1-8-11-7-12(16)9-5-3-4-6-10(9)13(11)14-15(8)2/h3-7,16H,1-2H3. The summed E-state index contributed by atoms with van der Waals surface area (Å²) in [5.74, 6) is 0.319. The van der Waals surface area contributed by atoms with Crippen molar-refractivity contribution in [3.8, 4) is 5.75 Å². The normalized spacial score (nSPS) is 11.4. The molecule has 0 amide bonds. The Morgan fingerprint density at radius 2 is 1.81 bits per heavy atom. The van der Waals surface area contributed by atoms with Crippen LogP contribution in [0.25, 0.3) is 21.7 Å². The van der Waals surface area contributed by atoms with E-state index in [-0.39, 0.29) is 0 Å². The monoisotopic (exact) mass is 212 g/mol. The SMILES string of the molecule is Cc1c2cc(O)c3ccccc3c2nn1C. The lowest BCUT2D eigenvalue weighted by molar-refractivity contribution is 0.482. The Balaban J connectivity index is 2.64. The molecule has 16 heavy (non-hydrogen) atoms. The van der Waals surface area contributed by atoms with Crippen molar-refractivity contribution >= 4 is 21.7 Å². The van der Waals surface area contributed by atoms with Crippen LogP contribution in [0.2, 0.25) is 0 Å². The quantitative estimate of drug-likeness (QED) is 0.622. The number of phenolic OH excluding ortho intramolecular Hbond substituents is 1. The molecule has 2 aromatic carbocycles. The van der Waals surface area contributed by atoms with E-state index in [2.05, 4.69) is 5.10 Å². The maximum atomic E-state index is 9.97. The molecule has 3 aromatic rings. The van der Waals surface area contributed by atoms with Crippen LogP contribution in [0.3, 0.4) is 0 Å². The van der Waals surface area contributed by atoms with Gasteiger partial charge in [-0.15, -0.1) is 0 Å². The molecule has 0 aliphatic heterocycles. The zero-order valence-electron chi connectivity index (χ0n) is 9.23. The van der Waals surface area contributed by atoms with E-state index in [0.29, 0.717) is 5.75 Å². The topological polar surface area (TPSA) is 38.1 Å². The summed E-state index contributed by atoms with van der Waals surface area (Å²) < 4.78 is 1.84. The molecule has 80 valence electrons. The van der Waals surface area contributed by atoms with Crippen LogP contribution < -0.4 is 0 Å². The Morgan fingerprint density at radius 1 is 1.12 bits per heavy atom. The highest BCUT2D eigenvalue weighted by Crippen LogP contribution is 2.33. The third-order valence-electron chi connectivity index (χ3n) is 3.12. The average molecular weight is 212 g/mol. The number of aromatic nitrogens is 2. The minimum Gasteiger partial charge on any atom is -0.507 e. The summed E-state index contributed by atoms with van der Waals surface area (Å²) in [6.45, 7) is 2.00. The van der Waals surface area contributed by atoms with Crippen molar-refractivity contribution in [2.75, 3.05) is 0 Å². The highest BCUT2D eigenvalue weighted by atomic mass is 16.3. The molecule has 0 saturated carbocycles. The predicted molar refractivity (Wildman–Crippen MR) is 64.6 cm³/mol. The molecule has 1 aromatic heterocycles. The molecule has 0 unspecified atom stereocenters. The van der Waals surface area contributed by atoms with Gasteiger partial charge in [0.15, 0.2) is 0 Å². The number of aryl methyl sites for hydroxylation is 2. The van der Waals surface area contributed by atoms with E-state index in [1.807, 2.05) is 42.9 Å². The lowest BCUT2D eigenvalue weighted by atomic mass is 10.1. The third kappa shape index (κ3) is 1.05. The molecule has 0 saturated heterocycles. The predicted octanol–water partition coefficient (Wildman–Crippen LogP) is 2.74. The number of hydrogen-bond acceptors (Lipinski definition) is 2. The lowest BCUT2D eigenvalue weighted by Crippen LogP contribution is -1.91. The van der Waals surface area contributed by atoms with Gasteiger partial charge in [0.2, 0.25) is 0 Å². The second-order valence-corrected chi connectivity index (χ2v) is 4.05.